The fraction of sp³-hybridized carbons (Fsp3) is 0.462. The van der Waals surface area contributed by atoms with Crippen LogP contribution in [-0.2, 0) is 0 Å². The second-order valence-corrected chi connectivity index (χ2v) is 5.99. The van der Waals surface area contributed by atoms with Crippen molar-refractivity contribution >= 4 is 38.8 Å². The van der Waals surface area contributed by atoms with Gasteiger partial charge in [-0.1, -0.05) is 12.2 Å². The molecule has 1 fully saturated rings. The van der Waals surface area contributed by atoms with E-state index >= 15 is 0 Å². The Labute approximate surface area is 122 Å². The van der Waals surface area contributed by atoms with Gasteiger partial charge in [0.05, 0.1) is 0 Å². The lowest BCUT2D eigenvalue weighted by Gasteiger charge is -2.16. The number of hydrogen-bond donors (Lipinski definition) is 2. The Morgan fingerprint density at radius 1 is 1.56 bits per heavy atom. The molecule has 0 amide bonds. The minimum atomic E-state index is 0.418. The molecule has 0 atom stereocenters. The Morgan fingerprint density at radius 2 is 2.28 bits per heavy atom. The molecule has 0 radical (unpaired) electrons. The molecular weight excluding hydrogens is 310 g/mol. The minimum absolute atomic E-state index is 0.418. The Bertz CT molecular complexity index is 446. The number of halogens is 1. The zero-order valence-corrected chi connectivity index (χ0v) is 12.9. The number of anilines is 1. The molecule has 0 aliphatic heterocycles. The van der Waals surface area contributed by atoms with Gasteiger partial charge in [0.1, 0.15) is 4.99 Å². The van der Waals surface area contributed by atoms with Gasteiger partial charge >= 0.3 is 0 Å². The highest BCUT2D eigenvalue weighted by Crippen LogP contribution is 2.25. The third-order valence-corrected chi connectivity index (χ3v) is 4.07. The molecule has 18 heavy (non-hydrogen) atoms. The predicted octanol–water partition coefficient (Wildman–Crippen LogP) is 2.59. The van der Waals surface area contributed by atoms with E-state index in [2.05, 4.69) is 33.2 Å². The fourth-order valence-electron chi connectivity index (χ4n) is 1.90. The van der Waals surface area contributed by atoms with Crippen molar-refractivity contribution in [1.82, 2.24) is 4.90 Å². The van der Waals surface area contributed by atoms with Gasteiger partial charge in [0.25, 0.3) is 0 Å². The molecule has 0 heterocycles. The summed E-state index contributed by atoms with van der Waals surface area (Å²) in [4.78, 5) is 2.83. The van der Waals surface area contributed by atoms with Gasteiger partial charge in [-0.05, 0) is 54.0 Å². The summed E-state index contributed by atoms with van der Waals surface area (Å²) in [6.07, 6.45) is 2.70. The molecule has 3 N–H and O–H groups in total. The number of hydrogen-bond acceptors (Lipinski definition) is 3. The van der Waals surface area contributed by atoms with Crippen molar-refractivity contribution in [3.8, 4) is 0 Å². The van der Waals surface area contributed by atoms with Gasteiger partial charge in [-0.2, -0.15) is 0 Å². The first-order chi connectivity index (χ1) is 8.58. The van der Waals surface area contributed by atoms with Crippen molar-refractivity contribution in [2.45, 2.75) is 18.9 Å². The van der Waals surface area contributed by atoms with Crippen LogP contribution in [0.5, 0.6) is 0 Å². The van der Waals surface area contributed by atoms with Crippen LogP contribution in [0.2, 0.25) is 0 Å². The Kier molecular flexibility index (Phi) is 4.59. The summed E-state index contributed by atoms with van der Waals surface area (Å²) >= 11 is 8.45. The molecule has 0 aromatic heterocycles. The lowest BCUT2D eigenvalue weighted by atomic mass is 10.2. The first kappa shape index (κ1) is 13.8. The average molecular weight is 328 g/mol. The number of likely N-dealkylation sites (N-methyl/N-ethyl adjacent to an activating group) is 1. The molecule has 5 heteroatoms. The van der Waals surface area contributed by atoms with Crippen LogP contribution in [0.15, 0.2) is 22.7 Å². The van der Waals surface area contributed by atoms with Crippen LogP contribution in [0, 0.1) is 0 Å². The van der Waals surface area contributed by atoms with Crippen LogP contribution in [0.4, 0.5) is 5.69 Å². The van der Waals surface area contributed by atoms with Crippen molar-refractivity contribution in [2.75, 3.05) is 25.5 Å². The van der Waals surface area contributed by atoms with E-state index in [1.54, 1.807) is 0 Å². The molecule has 1 aliphatic carbocycles. The predicted molar refractivity (Wildman–Crippen MR) is 84.2 cm³/mol. The van der Waals surface area contributed by atoms with Crippen LogP contribution in [0.25, 0.3) is 0 Å². The van der Waals surface area contributed by atoms with E-state index in [9.17, 15) is 0 Å². The first-order valence-corrected chi connectivity index (χ1v) is 7.31. The van der Waals surface area contributed by atoms with Gasteiger partial charge in [0.15, 0.2) is 0 Å². The maximum Gasteiger partial charge on any atom is 0.105 e. The zero-order valence-electron chi connectivity index (χ0n) is 10.4. The first-order valence-electron chi connectivity index (χ1n) is 6.11. The summed E-state index contributed by atoms with van der Waals surface area (Å²) in [6.45, 7) is 2.02. The monoisotopic (exact) mass is 327 g/mol. The number of nitrogens with one attached hydrogen (secondary N) is 1. The van der Waals surface area contributed by atoms with Crippen molar-refractivity contribution in [1.29, 1.82) is 0 Å². The summed E-state index contributed by atoms with van der Waals surface area (Å²) in [5.41, 5.74) is 7.59. The summed E-state index contributed by atoms with van der Waals surface area (Å²) < 4.78 is 0.940. The van der Waals surface area contributed by atoms with E-state index in [0.717, 1.165) is 34.9 Å². The molecule has 98 valence electrons. The normalized spacial score (nSPS) is 14.8. The van der Waals surface area contributed by atoms with E-state index in [1.807, 2.05) is 18.2 Å². The zero-order chi connectivity index (χ0) is 13.1. The van der Waals surface area contributed by atoms with Gasteiger partial charge < -0.3 is 16.0 Å². The van der Waals surface area contributed by atoms with E-state index in [0.29, 0.717) is 4.99 Å². The summed E-state index contributed by atoms with van der Waals surface area (Å²) in [5, 5.41) is 3.41. The quantitative estimate of drug-likeness (QED) is 0.788. The minimum Gasteiger partial charge on any atom is -0.389 e. The van der Waals surface area contributed by atoms with Crippen molar-refractivity contribution in [3.05, 3.63) is 28.2 Å². The van der Waals surface area contributed by atoms with Crippen LogP contribution >= 0.6 is 28.1 Å². The molecule has 2 rings (SSSR count). The molecular formula is C13H18BrN3S. The Balaban J connectivity index is 1.85. The Morgan fingerprint density at radius 3 is 2.83 bits per heavy atom. The van der Waals surface area contributed by atoms with Gasteiger partial charge in [0, 0.05) is 34.9 Å². The molecule has 1 aromatic carbocycles. The van der Waals surface area contributed by atoms with Crippen LogP contribution in [-0.4, -0.2) is 36.1 Å². The maximum absolute atomic E-state index is 5.62. The van der Waals surface area contributed by atoms with Gasteiger partial charge in [-0.15, -0.1) is 0 Å². The smallest absolute Gasteiger partial charge is 0.105 e. The molecule has 0 unspecified atom stereocenters. The highest BCUT2D eigenvalue weighted by atomic mass is 79.9. The maximum atomic E-state index is 5.62. The standard InChI is InChI=1S/C13H18BrN3S/c1-17(10-3-4-10)7-6-16-9-2-5-11(13(15)18)12(14)8-9/h2,5,8,10,16H,3-4,6-7H2,1H3,(H2,15,18). The number of rotatable bonds is 6. The second-order valence-electron chi connectivity index (χ2n) is 4.70. The lowest BCUT2D eigenvalue weighted by molar-refractivity contribution is 0.337. The third kappa shape index (κ3) is 3.67. The van der Waals surface area contributed by atoms with E-state index in [1.165, 1.54) is 12.8 Å². The second kappa shape index (κ2) is 5.99. The molecule has 1 saturated carbocycles. The number of thiocarbonyl (C=S) groups is 1. The molecule has 3 nitrogen and oxygen atoms in total. The van der Waals surface area contributed by atoms with Gasteiger partial charge in [-0.25, -0.2) is 0 Å². The largest absolute Gasteiger partial charge is 0.389 e. The molecule has 1 aliphatic rings. The van der Waals surface area contributed by atoms with E-state index in [4.69, 9.17) is 18.0 Å². The highest BCUT2D eigenvalue weighted by molar-refractivity contribution is 9.10. The number of benzene rings is 1. The topological polar surface area (TPSA) is 41.3 Å². The summed E-state index contributed by atoms with van der Waals surface area (Å²) in [7, 11) is 2.19. The van der Waals surface area contributed by atoms with E-state index in [-0.39, 0.29) is 0 Å². The molecule has 0 saturated heterocycles. The van der Waals surface area contributed by atoms with E-state index < -0.39 is 0 Å². The summed E-state index contributed by atoms with van der Waals surface area (Å²) in [5.74, 6) is 0. The molecule has 1 aromatic rings. The molecule has 0 spiro atoms. The highest BCUT2D eigenvalue weighted by Gasteiger charge is 2.25. The fourth-order valence-corrected chi connectivity index (χ4v) is 2.80. The van der Waals surface area contributed by atoms with Crippen molar-refractivity contribution < 1.29 is 0 Å². The van der Waals surface area contributed by atoms with Crippen molar-refractivity contribution in [3.63, 3.8) is 0 Å². The summed E-state index contributed by atoms with van der Waals surface area (Å²) in [6, 6.07) is 6.79. The third-order valence-electron chi connectivity index (χ3n) is 3.20. The number of nitrogens with two attached hydrogens (primary N) is 1. The molecule has 0 bridgehead atoms. The van der Waals surface area contributed by atoms with Crippen LogP contribution in [0.1, 0.15) is 18.4 Å². The van der Waals surface area contributed by atoms with Gasteiger partial charge in [0.2, 0.25) is 0 Å². The average Bonchev–Trinajstić information content (AvgIpc) is 3.12. The number of nitrogens with zero attached hydrogens (tertiary/aromatic N) is 1. The van der Waals surface area contributed by atoms with Crippen molar-refractivity contribution in [2.24, 2.45) is 5.73 Å². The Hall–Kier alpha value is -0.650. The van der Waals surface area contributed by atoms with Crippen LogP contribution in [0.3, 0.4) is 0 Å². The lowest BCUT2D eigenvalue weighted by Crippen LogP contribution is -2.27. The SMILES string of the molecule is CN(CCNc1ccc(C(N)=S)c(Br)c1)C1CC1. The van der Waals surface area contributed by atoms with Gasteiger partial charge in [-0.3, -0.25) is 0 Å². The van der Waals surface area contributed by atoms with Crippen LogP contribution < -0.4 is 11.1 Å².